The van der Waals surface area contributed by atoms with Gasteiger partial charge in [-0.15, -0.1) is 0 Å². The SMILES string of the molecule is CN(C(=O)C#Cc1ccc(C(F)(F)F)cc1)[C@@H]1CC[C@H]2[C@H]3Cc4ccc(O)c5c4[C@@]2(CCN3CC2CC2)[C@H]1O5. The Kier molecular flexibility index (Phi) is 5.51. The quantitative estimate of drug-likeness (QED) is 0.576. The van der Waals surface area contributed by atoms with Crippen LogP contribution in [0.25, 0.3) is 0 Å². The third-order valence-corrected chi connectivity index (χ3v) is 9.93. The number of amides is 1. The molecule has 2 heterocycles. The predicted octanol–water partition coefficient (Wildman–Crippen LogP) is 4.74. The van der Waals surface area contributed by atoms with E-state index in [9.17, 15) is 23.1 Å². The van der Waals surface area contributed by atoms with Gasteiger partial charge < -0.3 is 14.7 Å². The van der Waals surface area contributed by atoms with Gasteiger partial charge in [0, 0.05) is 42.1 Å². The number of piperidine rings is 1. The number of hydrogen-bond acceptors (Lipinski definition) is 4. The lowest BCUT2D eigenvalue weighted by atomic mass is 9.51. The van der Waals surface area contributed by atoms with Crippen molar-refractivity contribution >= 4 is 5.91 Å². The number of ether oxygens (including phenoxy) is 1. The molecule has 0 radical (unpaired) electrons. The highest BCUT2D eigenvalue weighted by Gasteiger charge is 2.66. The first-order chi connectivity index (χ1) is 18.7. The summed E-state index contributed by atoms with van der Waals surface area (Å²) in [6, 6.07) is 8.53. The van der Waals surface area contributed by atoms with Gasteiger partial charge in [0.1, 0.15) is 6.10 Å². The Hall–Kier alpha value is -3.18. The van der Waals surface area contributed by atoms with E-state index in [0.29, 0.717) is 23.3 Å². The zero-order valence-corrected chi connectivity index (χ0v) is 21.8. The summed E-state index contributed by atoms with van der Waals surface area (Å²) < 4.78 is 45.2. The van der Waals surface area contributed by atoms with Crippen molar-refractivity contribution in [2.75, 3.05) is 20.1 Å². The normalized spacial score (nSPS) is 30.6. The molecule has 2 aromatic rings. The van der Waals surface area contributed by atoms with Crippen LogP contribution >= 0.6 is 0 Å². The molecule has 2 bridgehead atoms. The number of carbonyl (C=O) groups excluding carboxylic acids is 1. The molecular formula is C31H31F3N2O3. The Morgan fingerprint density at radius 3 is 2.64 bits per heavy atom. The maximum Gasteiger partial charge on any atom is 0.416 e. The number of aromatic hydroxyl groups is 1. The predicted molar refractivity (Wildman–Crippen MR) is 138 cm³/mol. The largest absolute Gasteiger partial charge is 0.504 e. The maximum absolute atomic E-state index is 13.2. The van der Waals surface area contributed by atoms with Crippen LogP contribution in [0, 0.1) is 23.7 Å². The lowest BCUT2D eigenvalue weighted by Gasteiger charge is -2.60. The van der Waals surface area contributed by atoms with E-state index in [1.165, 1.54) is 30.5 Å². The summed E-state index contributed by atoms with van der Waals surface area (Å²) in [6.45, 7) is 2.15. The number of nitrogens with zero attached hydrogens (tertiary/aromatic N) is 2. The second kappa shape index (κ2) is 8.66. The van der Waals surface area contributed by atoms with E-state index in [-0.39, 0.29) is 23.3 Å². The van der Waals surface area contributed by atoms with E-state index in [0.717, 1.165) is 62.4 Å². The van der Waals surface area contributed by atoms with Crippen LogP contribution in [0.2, 0.25) is 0 Å². The zero-order chi connectivity index (χ0) is 27.1. The Balaban J connectivity index is 1.18. The van der Waals surface area contributed by atoms with Crippen LogP contribution < -0.4 is 4.74 Å². The molecule has 7 rings (SSSR count). The standard InChI is InChI=1S/C31H31F3N2O3/c1-35(26(38)13-6-18-4-8-21(9-5-18)31(32,33)34)23-11-10-22-24-16-20-7-12-25(37)28-27(20)30(22,29(23)39-28)14-15-36(24)17-19-2-3-19/h4-5,7-9,12,19,22-24,29,37H,2-3,10-11,14-17H2,1H3/t22-,23+,24+,29-,30-/m0/s1. The summed E-state index contributed by atoms with van der Waals surface area (Å²) in [5.41, 5.74) is 1.77. The Labute approximate surface area is 225 Å². The number of carbonyl (C=O) groups is 1. The number of benzene rings is 2. The van der Waals surface area contributed by atoms with Gasteiger partial charge in [0.2, 0.25) is 0 Å². The number of phenols is 1. The number of alkyl halides is 3. The van der Waals surface area contributed by atoms with Crippen molar-refractivity contribution in [3.63, 3.8) is 0 Å². The van der Waals surface area contributed by atoms with Crippen LogP contribution in [0.4, 0.5) is 13.2 Å². The van der Waals surface area contributed by atoms with Crippen LogP contribution in [0.15, 0.2) is 36.4 Å². The second-order valence-corrected chi connectivity index (χ2v) is 12.0. The summed E-state index contributed by atoms with van der Waals surface area (Å²) in [5.74, 6) is 6.94. The van der Waals surface area contributed by atoms with Gasteiger partial charge in [-0.1, -0.05) is 12.0 Å². The minimum atomic E-state index is -4.42. The molecule has 1 spiro atoms. The van der Waals surface area contributed by atoms with E-state index in [1.807, 2.05) is 0 Å². The summed E-state index contributed by atoms with van der Waals surface area (Å²) in [7, 11) is 1.74. The molecule has 5 atom stereocenters. The van der Waals surface area contributed by atoms with Gasteiger partial charge in [0.25, 0.3) is 5.91 Å². The van der Waals surface area contributed by atoms with Gasteiger partial charge in [-0.2, -0.15) is 13.2 Å². The minimum Gasteiger partial charge on any atom is -0.504 e. The molecule has 1 amide bonds. The highest BCUT2D eigenvalue weighted by Crippen LogP contribution is 2.64. The van der Waals surface area contributed by atoms with E-state index in [4.69, 9.17) is 4.74 Å². The van der Waals surface area contributed by atoms with Crippen LogP contribution in [0.1, 0.15) is 54.4 Å². The van der Waals surface area contributed by atoms with Crippen molar-refractivity contribution in [2.24, 2.45) is 11.8 Å². The number of hydrogen-bond donors (Lipinski definition) is 1. The molecule has 2 saturated carbocycles. The molecular weight excluding hydrogens is 505 g/mol. The average molecular weight is 537 g/mol. The first kappa shape index (κ1) is 24.8. The fourth-order valence-corrected chi connectivity index (χ4v) is 7.96. The van der Waals surface area contributed by atoms with Crippen molar-refractivity contribution in [3.05, 3.63) is 58.7 Å². The van der Waals surface area contributed by atoms with Gasteiger partial charge >= 0.3 is 6.18 Å². The highest BCUT2D eigenvalue weighted by atomic mass is 19.4. The monoisotopic (exact) mass is 536 g/mol. The Morgan fingerprint density at radius 2 is 1.92 bits per heavy atom. The fourth-order valence-electron chi connectivity index (χ4n) is 7.96. The van der Waals surface area contributed by atoms with Crippen molar-refractivity contribution in [3.8, 4) is 23.3 Å². The first-order valence-corrected chi connectivity index (χ1v) is 13.9. The number of rotatable bonds is 3. The molecule has 2 aromatic carbocycles. The Morgan fingerprint density at radius 1 is 1.15 bits per heavy atom. The maximum atomic E-state index is 13.2. The molecule has 204 valence electrons. The van der Waals surface area contributed by atoms with E-state index < -0.39 is 17.6 Å². The van der Waals surface area contributed by atoms with Crippen LogP contribution in [0.5, 0.6) is 11.5 Å². The highest BCUT2D eigenvalue weighted by molar-refractivity contribution is 5.94. The van der Waals surface area contributed by atoms with Gasteiger partial charge in [0.05, 0.1) is 11.6 Å². The van der Waals surface area contributed by atoms with Crippen molar-refractivity contribution in [1.82, 2.24) is 9.80 Å². The lowest BCUT2D eigenvalue weighted by molar-refractivity contribution is -0.137. The molecule has 1 saturated heterocycles. The van der Waals surface area contributed by atoms with Gasteiger partial charge in [0.15, 0.2) is 11.5 Å². The van der Waals surface area contributed by atoms with E-state index in [2.05, 4.69) is 22.8 Å². The molecule has 0 unspecified atom stereocenters. The average Bonchev–Trinajstić information content (AvgIpc) is 3.67. The van der Waals surface area contributed by atoms with Crippen molar-refractivity contribution in [1.29, 1.82) is 0 Å². The molecule has 3 fully saturated rings. The number of likely N-dealkylation sites (tertiary alicyclic amines) is 1. The van der Waals surface area contributed by atoms with E-state index in [1.54, 1.807) is 18.0 Å². The molecule has 0 aromatic heterocycles. The second-order valence-electron chi connectivity index (χ2n) is 12.0. The molecule has 5 aliphatic rings. The Bertz CT molecular complexity index is 1390. The third kappa shape index (κ3) is 3.84. The van der Waals surface area contributed by atoms with Gasteiger partial charge in [-0.05, 0) is 92.8 Å². The first-order valence-electron chi connectivity index (χ1n) is 13.9. The zero-order valence-electron chi connectivity index (χ0n) is 21.8. The lowest BCUT2D eigenvalue weighted by Crippen LogP contribution is -2.69. The molecule has 1 N–H and O–H groups in total. The van der Waals surface area contributed by atoms with Gasteiger partial charge in [-0.3, -0.25) is 9.69 Å². The van der Waals surface area contributed by atoms with Crippen LogP contribution in [-0.2, 0) is 22.8 Å². The number of likely N-dealkylation sites (N-methyl/N-ethyl adjacent to an activating group) is 1. The molecule has 5 nitrogen and oxygen atoms in total. The summed E-state index contributed by atoms with van der Waals surface area (Å²) in [5, 5.41) is 10.8. The number of halogens is 3. The van der Waals surface area contributed by atoms with Crippen LogP contribution in [-0.4, -0.2) is 59.1 Å². The molecule has 39 heavy (non-hydrogen) atoms. The number of phenolic OH excluding ortho intramolecular Hbond substituents is 1. The van der Waals surface area contributed by atoms with Crippen molar-refractivity contribution in [2.45, 2.75) is 68.3 Å². The smallest absolute Gasteiger partial charge is 0.416 e. The summed E-state index contributed by atoms with van der Waals surface area (Å²) in [6.07, 6.45) is 1.60. The van der Waals surface area contributed by atoms with Crippen LogP contribution in [0.3, 0.4) is 0 Å². The van der Waals surface area contributed by atoms with Crippen molar-refractivity contribution < 1.29 is 27.8 Å². The minimum absolute atomic E-state index is 0.157. The molecule has 3 aliphatic carbocycles. The molecule has 8 heteroatoms. The summed E-state index contributed by atoms with van der Waals surface area (Å²) >= 11 is 0. The van der Waals surface area contributed by atoms with Gasteiger partial charge in [-0.25, -0.2) is 0 Å². The molecule has 2 aliphatic heterocycles. The summed E-state index contributed by atoms with van der Waals surface area (Å²) in [4.78, 5) is 17.6. The topological polar surface area (TPSA) is 53.0 Å². The van der Waals surface area contributed by atoms with E-state index >= 15 is 0 Å². The third-order valence-electron chi connectivity index (χ3n) is 9.93. The fraction of sp³-hybridized carbons (Fsp3) is 0.516.